The molecular weight excluding hydrogens is 410 g/mol. The third kappa shape index (κ3) is 4.35. The minimum Gasteiger partial charge on any atom is -0.772 e. The third-order valence-corrected chi connectivity index (χ3v) is 5.89. The van der Waals surface area contributed by atoms with Crippen LogP contribution in [0.4, 0.5) is 0 Å². The first-order valence-electron chi connectivity index (χ1n) is 8.72. The molecule has 1 aromatic heterocycles. The molecule has 1 N–H and O–H groups in total. The first-order valence-corrected chi connectivity index (χ1v) is 11.6. The standard InChI is InChI=1S/C21H17NO5S2/c23-28(24)12-14-5-8-16(9-6-14)21-18-10-7-15(13-29(25,26)27)11-19(18)17-3-1-2-4-20(17)22-21/h1-11H,12-13H2,(H,23,24)(H,25,26,27)/p-1. The summed E-state index contributed by atoms with van der Waals surface area (Å²) < 4.78 is 53.6. The van der Waals surface area contributed by atoms with Crippen molar-refractivity contribution in [2.24, 2.45) is 0 Å². The van der Waals surface area contributed by atoms with Crippen LogP contribution in [0.1, 0.15) is 11.1 Å². The Kier molecular flexibility index (Phi) is 5.18. The van der Waals surface area contributed by atoms with Crippen molar-refractivity contribution in [3.8, 4) is 11.3 Å². The zero-order chi connectivity index (χ0) is 20.6. The van der Waals surface area contributed by atoms with Crippen LogP contribution in [-0.4, -0.2) is 26.7 Å². The molecule has 0 aliphatic carbocycles. The van der Waals surface area contributed by atoms with E-state index in [0.717, 1.165) is 27.2 Å². The summed E-state index contributed by atoms with van der Waals surface area (Å²) in [5.74, 6) is -0.513. The van der Waals surface area contributed by atoms with E-state index < -0.39 is 27.0 Å². The van der Waals surface area contributed by atoms with Crippen LogP contribution in [0.5, 0.6) is 0 Å². The number of benzene rings is 3. The Morgan fingerprint density at radius 3 is 2.28 bits per heavy atom. The smallest absolute Gasteiger partial charge is 0.269 e. The lowest BCUT2D eigenvalue weighted by Gasteiger charge is -2.12. The fraction of sp³-hybridized carbons (Fsp3) is 0.0952. The van der Waals surface area contributed by atoms with Gasteiger partial charge in [0.25, 0.3) is 10.1 Å². The minimum absolute atomic E-state index is 0.0504. The Labute approximate surface area is 170 Å². The maximum Gasteiger partial charge on any atom is 0.269 e. The molecule has 0 fully saturated rings. The summed E-state index contributed by atoms with van der Waals surface area (Å²) >= 11 is -2.15. The Balaban J connectivity index is 1.92. The molecule has 0 amide bonds. The van der Waals surface area contributed by atoms with E-state index in [2.05, 4.69) is 0 Å². The molecule has 1 atom stereocenters. The van der Waals surface area contributed by atoms with Gasteiger partial charge in [0.05, 0.1) is 11.2 Å². The molecule has 6 nitrogen and oxygen atoms in total. The molecule has 0 saturated heterocycles. The largest absolute Gasteiger partial charge is 0.772 e. The van der Waals surface area contributed by atoms with Crippen LogP contribution in [0, 0.1) is 0 Å². The predicted octanol–water partition coefficient (Wildman–Crippen LogP) is 3.82. The number of pyridine rings is 1. The molecule has 1 unspecified atom stereocenters. The van der Waals surface area contributed by atoms with Gasteiger partial charge in [-0.1, -0.05) is 65.7 Å². The zero-order valence-electron chi connectivity index (χ0n) is 15.1. The molecule has 4 rings (SSSR count). The molecule has 29 heavy (non-hydrogen) atoms. The van der Waals surface area contributed by atoms with Crippen molar-refractivity contribution in [1.29, 1.82) is 0 Å². The lowest BCUT2D eigenvalue weighted by Crippen LogP contribution is -2.01. The summed E-state index contributed by atoms with van der Waals surface area (Å²) in [4.78, 5) is 4.78. The Hall–Kier alpha value is -2.65. The SMILES string of the molecule is O=S([O-])Cc1ccc(-c2nc3ccccc3c3cc(CS(=O)(=O)O)ccc23)cc1. The molecule has 0 bridgehead atoms. The van der Waals surface area contributed by atoms with Crippen LogP contribution in [0.15, 0.2) is 66.7 Å². The summed E-state index contributed by atoms with van der Waals surface area (Å²) in [5, 5.41) is 2.54. The number of hydrogen-bond acceptors (Lipinski definition) is 5. The fourth-order valence-corrected chi connectivity index (χ4v) is 4.48. The second-order valence-corrected chi connectivity index (χ2v) is 9.08. The molecule has 0 aliphatic rings. The monoisotopic (exact) mass is 426 g/mol. The Morgan fingerprint density at radius 2 is 1.59 bits per heavy atom. The van der Waals surface area contributed by atoms with Gasteiger partial charge in [0.15, 0.2) is 0 Å². The zero-order valence-corrected chi connectivity index (χ0v) is 16.7. The summed E-state index contributed by atoms with van der Waals surface area (Å²) in [6.07, 6.45) is 0. The number of rotatable bonds is 5. The highest BCUT2D eigenvalue weighted by atomic mass is 32.2. The van der Waals surface area contributed by atoms with Crippen molar-refractivity contribution in [1.82, 2.24) is 4.98 Å². The molecule has 3 aromatic carbocycles. The quantitative estimate of drug-likeness (QED) is 0.295. The first kappa shape index (κ1) is 19.7. The minimum atomic E-state index is -4.14. The molecule has 4 aromatic rings. The maximum atomic E-state index is 11.3. The molecule has 0 aliphatic heterocycles. The van der Waals surface area contributed by atoms with Crippen molar-refractivity contribution >= 4 is 42.9 Å². The maximum absolute atomic E-state index is 11.3. The summed E-state index contributed by atoms with van der Waals surface area (Å²) in [6, 6.07) is 19.9. The lowest BCUT2D eigenvalue weighted by molar-refractivity contribution is 0.482. The van der Waals surface area contributed by atoms with E-state index in [0.29, 0.717) is 16.8 Å². The molecule has 1 heterocycles. The van der Waals surface area contributed by atoms with E-state index in [1.807, 2.05) is 36.4 Å². The van der Waals surface area contributed by atoms with Crippen LogP contribution in [0.25, 0.3) is 32.9 Å². The Morgan fingerprint density at radius 1 is 0.897 bits per heavy atom. The lowest BCUT2D eigenvalue weighted by atomic mass is 9.98. The van der Waals surface area contributed by atoms with E-state index in [1.54, 1.807) is 30.3 Å². The van der Waals surface area contributed by atoms with Crippen LogP contribution in [-0.2, 0) is 32.7 Å². The van der Waals surface area contributed by atoms with Gasteiger partial charge >= 0.3 is 0 Å². The van der Waals surface area contributed by atoms with E-state index in [-0.39, 0.29) is 5.75 Å². The van der Waals surface area contributed by atoms with Crippen molar-refractivity contribution < 1.29 is 21.7 Å². The van der Waals surface area contributed by atoms with Gasteiger partial charge in [-0.15, -0.1) is 0 Å². The van der Waals surface area contributed by atoms with Crippen LogP contribution >= 0.6 is 0 Å². The second-order valence-electron chi connectivity index (χ2n) is 6.73. The molecular formula is C21H16NO5S2-. The molecule has 148 valence electrons. The van der Waals surface area contributed by atoms with Gasteiger partial charge in [-0.05, 0) is 28.6 Å². The van der Waals surface area contributed by atoms with Crippen molar-refractivity contribution in [2.45, 2.75) is 11.5 Å². The van der Waals surface area contributed by atoms with Gasteiger partial charge in [-0.2, -0.15) is 8.42 Å². The predicted molar refractivity (Wildman–Crippen MR) is 113 cm³/mol. The normalized spacial score (nSPS) is 13.0. The number of aromatic nitrogens is 1. The van der Waals surface area contributed by atoms with E-state index in [1.165, 1.54) is 0 Å². The molecule has 0 spiro atoms. The Bertz CT molecular complexity index is 1350. The number of hydrogen-bond donors (Lipinski definition) is 1. The van der Waals surface area contributed by atoms with Crippen molar-refractivity contribution in [2.75, 3.05) is 0 Å². The average molecular weight is 426 g/mol. The highest BCUT2D eigenvalue weighted by Crippen LogP contribution is 2.33. The number of fused-ring (bicyclic) bond motifs is 3. The molecule has 0 radical (unpaired) electrons. The van der Waals surface area contributed by atoms with Crippen LogP contribution < -0.4 is 0 Å². The van der Waals surface area contributed by atoms with Gasteiger partial charge in [-0.3, -0.25) is 8.76 Å². The van der Waals surface area contributed by atoms with Gasteiger partial charge in [0, 0.05) is 22.1 Å². The number of nitrogens with zero attached hydrogens (tertiary/aromatic N) is 1. The van der Waals surface area contributed by atoms with Crippen molar-refractivity contribution in [3.05, 3.63) is 77.9 Å². The second kappa shape index (κ2) is 7.64. The van der Waals surface area contributed by atoms with E-state index in [9.17, 15) is 21.7 Å². The van der Waals surface area contributed by atoms with Crippen molar-refractivity contribution in [3.63, 3.8) is 0 Å². The summed E-state index contributed by atoms with van der Waals surface area (Å²) in [6.45, 7) is 0. The van der Waals surface area contributed by atoms with Gasteiger partial charge in [0.2, 0.25) is 0 Å². The van der Waals surface area contributed by atoms with Crippen LogP contribution in [0.2, 0.25) is 0 Å². The van der Waals surface area contributed by atoms with Crippen LogP contribution in [0.3, 0.4) is 0 Å². The first-order chi connectivity index (χ1) is 13.8. The molecule has 8 heteroatoms. The van der Waals surface area contributed by atoms with Gasteiger partial charge < -0.3 is 4.55 Å². The highest BCUT2D eigenvalue weighted by Gasteiger charge is 2.13. The van der Waals surface area contributed by atoms with E-state index >= 15 is 0 Å². The van der Waals surface area contributed by atoms with Gasteiger partial charge in [0.1, 0.15) is 5.75 Å². The van der Waals surface area contributed by atoms with Gasteiger partial charge in [-0.25, -0.2) is 4.98 Å². The fourth-order valence-electron chi connectivity index (χ4n) is 3.42. The highest BCUT2D eigenvalue weighted by molar-refractivity contribution is 7.85. The number of para-hydroxylation sites is 1. The average Bonchev–Trinajstić information content (AvgIpc) is 2.66. The summed E-state index contributed by atoms with van der Waals surface area (Å²) in [7, 11) is -4.14. The summed E-state index contributed by atoms with van der Waals surface area (Å²) in [5.41, 5.74) is 3.46. The third-order valence-electron chi connectivity index (χ3n) is 4.63. The molecule has 0 saturated carbocycles. The van der Waals surface area contributed by atoms with E-state index in [4.69, 9.17) is 4.98 Å². The topological polar surface area (TPSA) is 107 Å².